The number of hydrogen-bond donors (Lipinski definition) is 0. The Morgan fingerprint density at radius 1 is 0.960 bits per heavy atom. The van der Waals surface area contributed by atoms with Crippen molar-refractivity contribution < 1.29 is 0 Å². The number of piperidine rings is 1. The predicted molar refractivity (Wildman–Crippen MR) is 105 cm³/mol. The second kappa shape index (κ2) is 6.91. The minimum atomic E-state index is 0.421. The van der Waals surface area contributed by atoms with Gasteiger partial charge in [-0.15, -0.1) is 0 Å². The molecule has 0 amide bonds. The van der Waals surface area contributed by atoms with Gasteiger partial charge in [0.15, 0.2) is 0 Å². The Hall–Kier alpha value is -2.29. The maximum atomic E-state index is 4.96. The second-order valence-electron chi connectivity index (χ2n) is 7.48. The van der Waals surface area contributed by atoms with Crippen LogP contribution in [0.25, 0.3) is 11.0 Å². The first-order valence-corrected chi connectivity index (χ1v) is 9.48. The largest absolute Gasteiger partial charge is 0.342 e. The lowest BCUT2D eigenvalue weighted by Crippen LogP contribution is -2.36. The summed E-state index contributed by atoms with van der Waals surface area (Å²) in [6, 6.07) is 19.8. The highest BCUT2D eigenvalue weighted by molar-refractivity contribution is 5.79. The van der Waals surface area contributed by atoms with Gasteiger partial charge in [-0.1, -0.05) is 42.5 Å². The van der Waals surface area contributed by atoms with E-state index in [0.717, 1.165) is 30.5 Å². The summed E-state index contributed by atoms with van der Waals surface area (Å²) in [5, 5.41) is 0. The fraction of sp³-hybridized carbons (Fsp3) is 0.409. The Kier molecular flexibility index (Phi) is 4.48. The highest BCUT2D eigenvalue weighted by Gasteiger charge is 2.24. The smallest absolute Gasteiger partial charge is 0.206 e. The van der Waals surface area contributed by atoms with Crippen LogP contribution in [-0.2, 0) is 6.42 Å². The van der Waals surface area contributed by atoms with Crippen molar-refractivity contribution in [3.05, 3.63) is 60.2 Å². The average molecular weight is 333 g/mol. The summed E-state index contributed by atoms with van der Waals surface area (Å²) in [4.78, 5) is 7.44. The molecule has 1 fully saturated rings. The minimum absolute atomic E-state index is 0.421. The van der Waals surface area contributed by atoms with E-state index in [-0.39, 0.29) is 0 Å². The molecule has 1 aliphatic heterocycles. The van der Waals surface area contributed by atoms with Gasteiger partial charge in [0, 0.05) is 19.1 Å². The van der Waals surface area contributed by atoms with Gasteiger partial charge in [-0.3, -0.25) is 0 Å². The molecule has 1 aromatic heterocycles. The van der Waals surface area contributed by atoms with Crippen molar-refractivity contribution in [3.8, 4) is 0 Å². The van der Waals surface area contributed by atoms with Crippen LogP contribution in [0.1, 0.15) is 38.3 Å². The third-order valence-electron chi connectivity index (χ3n) is 5.36. The maximum Gasteiger partial charge on any atom is 0.206 e. The summed E-state index contributed by atoms with van der Waals surface area (Å²) < 4.78 is 2.40. The molecule has 1 saturated heterocycles. The van der Waals surface area contributed by atoms with Gasteiger partial charge in [0.2, 0.25) is 5.95 Å². The van der Waals surface area contributed by atoms with E-state index in [9.17, 15) is 0 Å². The average Bonchev–Trinajstić information content (AvgIpc) is 3.03. The van der Waals surface area contributed by atoms with Crippen molar-refractivity contribution in [2.75, 3.05) is 18.0 Å². The summed E-state index contributed by atoms with van der Waals surface area (Å²) in [5.41, 5.74) is 3.83. The lowest BCUT2D eigenvalue weighted by atomic mass is 9.90. The summed E-state index contributed by atoms with van der Waals surface area (Å²) in [5.74, 6) is 1.94. The van der Waals surface area contributed by atoms with Crippen LogP contribution in [0.3, 0.4) is 0 Å². The van der Waals surface area contributed by atoms with Crippen molar-refractivity contribution in [1.29, 1.82) is 0 Å². The van der Waals surface area contributed by atoms with Gasteiger partial charge in [-0.25, -0.2) is 4.98 Å². The Bertz CT molecular complexity index is 827. The van der Waals surface area contributed by atoms with Gasteiger partial charge in [-0.05, 0) is 56.7 Å². The molecular formula is C22H27N3. The zero-order chi connectivity index (χ0) is 17.2. The highest BCUT2D eigenvalue weighted by Crippen LogP contribution is 2.30. The number of aromatic nitrogens is 2. The molecule has 3 aromatic rings. The van der Waals surface area contributed by atoms with E-state index in [4.69, 9.17) is 4.98 Å². The monoisotopic (exact) mass is 333 g/mol. The van der Waals surface area contributed by atoms with Crippen molar-refractivity contribution >= 4 is 17.0 Å². The number of para-hydroxylation sites is 2. The SMILES string of the molecule is CC(C)n1c(N2CCC(Cc3ccccc3)CC2)nc2ccccc21. The van der Waals surface area contributed by atoms with Gasteiger partial charge < -0.3 is 9.47 Å². The van der Waals surface area contributed by atoms with Crippen LogP contribution < -0.4 is 4.90 Å². The fourth-order valence-electron chi connectivity index (χ4n) is 4.05. The molecule has 0 bridgehead atoms. The van der Waals surface area contributed by atoms with Crippen LogP contribution in [0.15, 0.2) is 54.6 Å². The number of rotatable bonds is 4. The summed E-state index contributed by atoms with van der Waals surface area (Å²) in [6.07, 6.45) is 3.70. The third-order valence-corrected chi connectivity index (χ3v) is 5.36. The van der Waals surface area contributed by atoms with E-state index in [1.54, 1.807) is 0 Å². The highest BCUT2D eigenvalue weighted by atomic mass is 15.3. The first-order valence-electron chi connectivity index (χ1n) is 9.48. The Labute approximate surface area is 150 Å². The molecule has 2 heterocycles. The van der Waals surface area contributed by atoms with E-state index in [2.05, 4.69) is 77.9 Å². The first-order chi connectivity index (χ1) is 12.2. The Morgan fingerprint density at radius 2 is 1.64 bits per heavy atom. The molecule has 0 spiro atoms. The molecule has 0 aliphatic carbocycles. The molecule has 2 aromatic carbocycles. The number of imidazole rings is 1. The Morgan fingerprint density at radius 3 is 2.36 bits per heavy atom. The topological polar surface area (TPSA) is 21.1 Å². The molecule has 4 rings (SSSR count). The van der Waals surface area contributed by atoms with E-state index in [1.807, 2.05) is 0 Å². The van der Waals surface area contributed by atoms with Crippen LogP contribution in [0.4, 0.5) is 5.95 Å². The minimum Gasteiger partial charge on any atom is -0.342 e. The van der Waals surface area contributed by atoms with Gasteiger partial charge in [-0.2, -0.15) is 0 Å². The van der Waals surface area contributed by atoms with Gasteiger partial charge in [0.05, 0.1) is 11.0 Å². The number of nitrogens with zero attached hydrogens (tertiary/aromatic N) is 3. The molecule has 1 aliphatic rings. The summed E-state index contributed by atoms with van der Waals surface area (Å²) >= 11 is 0. The molecule has 3 heteroatoms. The van der Waals surface area contributed by atoms with Gasteiger partial charge >= 0.3 is 0 Å². The van der Waals surface area contributed by atoms with Crippen molar-refractivity contribution in [3.63, 3.8) is 0 Å². The number of fused-ring (bicyclic) bond motifs is 1. The van der Waals surface area contributed by atoms with E-state index >= 15 is 0 Å². The van der Waals surface area contributed by atoms with Gasteiger partial charge in [0.1, 0.15) is 0 Å². The molecular weight excluding hydrogens is 306 g/mol. The number of anilines is 1. The van der Waals surface area contributed by atoms with Crippen molar-refractivity contribution in [2.45, 2.75) is 39.2 Å². The molecule has 25 heavy (non-hydrogen) atoms. The predicted octanol–water partition coefficient (Wildman–Crippen LogP) is 5.08. The van der Waals surface area contributed by atoms with Crippen molar-refractivity contribution in [2.24, 2.45) is 5.92 Å². The molecule has 0 N–H and O–H groups in total. The van der Waals surface area contributed by atoms with Crippen LogP contribution in [0.2, 0.25) is 0 Å². The van der Waals surface area contributed by atoms with Crippen molar-refractivity contribution in [1.82, 2.24) is 9.55 Å². The normalized spacial score (nSPS) is 16.0. The van der Waals surface area contributed by atoms with E-state index in [0.29, 0.717) is 6.04 Å². The quantitative estimate of drug-likeness (QED) is 0.664. The standard InChI is InChI=1S/C22H27N3/c1-17(2)25-21-11-7-6-10-20(21)23-22(25)24-14-12-19(13-15-24)16-18-8-4-3-5-9-18/h3-11,17,19H,12-16H2,1-2H3. The van der Waals surface area contributed by atoms with Gasteiger partial charge in [0.25, 0.3) is 0 Å². The van der Waals surface area contributed by atoms with Crippen LogP contribution >= 0.6 is 0 Å². The van der Waals surface area contributed by atoms with Crippen LogP contribution in [0.5, 0.6) is 0 Å². The van der Waals surface area contributed by atoms with E-state index in [1.165, 1.54) is 30.3 Å². The fourth-order valence-corrected chi connectivity index (χ4v) is 4.05. The second-order valence-corrected chi connectivity index (χ2v) is 7.48. The molecule has 0 saturated carbocycles. The maximum absolute atomic E-state index is 4.96. The number of benzene rings is 2. The number of hydrogen-bond acceptors (Lipinski definition) is 2. The molecule has 0 atom stereocenters. The zero-order valence-electron chi connectivity index (χ0n) is 15.2. The molecule has 3 nitrogen and oxygen atoms in total. The molecule has 0 unspecified atom stereocenters. The first kappa shape index (κ1) is 16.2. The Balaban J connectivity index is 1.51. The molecule has 0 radical (unpaired) electrons. The summed E-state index contributed by atoms with van der Waals surface area (Å²) in [7, 11) is 0. The van der Waals surface area contributed by atoms with Crippen LogP contribution in [0, 0.1) is 5.92 Å². The summed E-state index contributed by atoms with van der Waals surface area (Å²) in [6.45, 7) is 6.71. The van der Waals surface area contributed by atoms with E-state index < -0.39 is 0 Å². The van der Waals surface area contributed by atoms with Crippen LogP contribution in [-0.4, -0.2) is 22.6 Å². The zero-order valence-corrected chi connectivity index (χ0v) is 15.2. The lowest BCUT2D eigenvalue weighted by Gasteiger charge is -2.33. The molecule has 130 valence electrons. The third kappa shape index (κ3) is 3.28. The lowest BCUT2D eigenvalue weighted by molar-refractivity contribution is 0.397.